The van der Waals surface area contributed by atoms with Gasteiger partial charge in [-0.15, -0.1) is 0 Å². The second kappa shape index (κ2) is 12.0. The lowest BCUT2D eigenvalue weighted by Crippen LogP contribution is -2.48. The number of nitrogen functional groups attached to an aromatic ring is 1. The van der Waals surface area contributed by atoms with Crippen LogP contribution in [0.2, 0.25) is 0 Å². The number of nitrogens with two attached hydrogens (primary N) is 2. The number of benzene rings is 2. The van der Waals surface area contributed by atoms with E-state index < -0.39 is 12.1 Å². The van der Waals surface area contributed by atoms with Crippen molar-refractivity contribution in [2.45, 2.75) is 52.3 Å². The zero-order chi connectivity index (χ0) is 25.4. The van der Waals surface area contributed by atoms with Crippen LogP contribution in [0.5, 0.6) is 0 Å². The van der Waals surface area contributed by atoms with Crippen LogP contribution < -0.4 is 21.7 Å². The predicted molar refractivity (Wildman–Crippen MR) is 136 cm³/mol. The Labute approximate surface area is 200 Å². The van der Waals surface area contributed by atoms with Crippen molar-refractivity contribution in [2.75, 3.05) is 16.8 Å². The largest absolute Gasteiger partial charge is 0.386 e. The Morgan fingerprint density at radius 3 is 2.41 bits per heavy atom. The van der Waals surface area contributed by atoms with Crippen molar-refractivity contribution in [3.63, 3.8) is 0 Å². The molecule has 180 valence electrons. The van der Waals surface area contributed by atoms with Crippen LogP contribution >= 0.6 is 0 Å². The Kier molecular flexibility index (Phi) is 9.36. The number of aldehydes is 1. The SMILES string of the molecule is Cc1cc(N(C(=O)C(N)CC(O)C=O)C(C)C)c(C)cc1C#CCNc1ccc(C(=N)N)cc1. The van der Waals surface area contributed by atoms with Crippen molar-refractivity contribution < 1.29 is 14.7 Å². The number of rotatable bonds is 9. The van der Waals surface area contributed by atoms with Gasteiger partial charge in [0.05, 0.1) is 12.6 Å². The highest BCUT2D eigenvalue weighted by Crippen LogP contribution is 2.27. The number of hydrogen-bond acceptors (Lipinski definition) is 6. The molecule has 0 saturated carbocycles. The summed E-state index contributed by atoms with van der Waals surface area (Å²) in [6.45, 7) is 8.04. The molecular formula is C26H33N5O3. The quantitative estimate of drug-likeness (QED) is 0.167. The molecule has 2 atom stereocenters. The van der Waals surface area contributed by atoms with Crippen molar-refractivity contribution in [1.29, 1.82) is 5.41 Å². The monoisotopic (exact) mass is 463 g/mol. The molecule has 2 rings (SSSR count). The number of aliphatic hydroxyl groups excluding tert-OH is 1. The molecule has 34 heavy (non-hydrogen) atoms. The molecule has 0 aliphatic rings. The Morgan fingerprint density at radius 2 is 1.85 bits per heavy atom. The summed E-state index contributed by atoms with van der Waals surface area (Å²) in [6.07, 6.45) is -1.02. The number of amidine groups is 1. The van der Waals surface area contributed by atoms with Gasteiger partial charge in [-0.1, -0.05) is 11.8 Å². The van der Waals surface area contributed by atoms with Gasteiger partial charge in [0.1, 0.15) is 18.2 Å². The van der Waals surface area contributed by atoms with Gasteiger partial charge in [-0.3, -0.25) is 10.2 Å². The van der Waals surface area contributed by atoms with E-state index in [2.05, 4.69) is 17.2 Å². The maximum absolute atomic E-state index is 13.0. The molecule has 0 radical (unpaired) electrons. The average Bonchev–Trinajstić information content (AvgIpc) is 2.79. The zero-order valence-electron chi connectivity index (χ0n) is 20.1. The van der Waals surface area contributed by atoms with Gasteiger partial charge in [0.2, 0.25) is 5.91 Å². The highest BCUT2D eigenvalue weighted by atomic mass is 16.3. The highest BCUT2D eigenvalue weighted by molar-refractivity contribution is 5.98. The summed E-state index contributed by atoms with van der Waals surface area (Å²) in [5, 5.41) is 20.2. The number of nitrogens with zero attached hydrogens (tertiary/aromatic N) is 1. The number of nitrogens with one attached hydrogen (secondary N) is 2. The summed E-state index contributed by atoms with van der Waals surface area (Å²) < 4.78 is 0. The summed E-state index contributed by atoms with van der Waals surface area (Å²) >= 11 is 0. The molecule has 7 N–H and O–H groups in total. The lowest BCUT2D eigenvalue weighted by molar-refractivity contribution is -0.121. The molecular weight excluding hydrogens is 430 g/mol. The smallest absolute Gasteiger partial charge is 0.244 e. The molecule has 2 aromatic rings. The maximum Gasteiger partial charge on any atom is 0.244 e. The van der Waals surface area contributed by atoms with Gasteiger partial charge >= 0.3 is 0 Å². The number of aliphatic hydroxyl groups is 1. The van der Waals surface area contributed by atoms with E-state index >= 15 is 0 Å². The van der Waals surface area contributed by atoms with E-state index in [-0.39, 0.29) is 24.2 Å². The van der Waals surface area contributed by atoms with E-state index in [4.69, 9.17) is 16.9 Å². The lowest BCUT2D eigenvalue weighted by Gasteiger charge is -2.31. The summed E-state index contributed by atoms with van der Waals surface area (Å²) in [5.41, 5.74) is 16.4. The van der Waals surface area contributed by atoms with Gasteiger partial charge in [0.25, 0.3) is 0 Å². The molecule has 8 heteroatoms. The molecule has 0 aliphatic heterocycles. The second-order valence-corrected chi connectivity index (χ2v) is 8.45. The van der Waals surface area contributed by atoms with Crippen molar-refractivity contribution in [2.24, 2.45) is 11.5 Å². The first-order chi connectivity index (χ1) is 16.0. The summed E-state index contributed by atoms with van der Waals surface area (Å²) in [4.78, 5) is 25.4. The second-order valence-electron chi connectivity index (χ2n) is 8.45. The van der Waals surface area contributed by atoms with E-state index in [1.54, 1.807) is 17.0 Å². The molecule has 8 nitrogen and oxygen atoms in total. The van der Waals surface area contributed by atoms with E-state index in [0.717, 1.165) is 28.1 Å². The van der Waals surface area contributed by atoms with Crippen LogP contribution in [0.15, 0.2) is 36.4 Å². The molecule has 0 spiro atoms. The highest BCUT2D eigenvalue weighted by Gasteiger charge is 2.27. The van der Waals surface area contributed by atoms with Gasteiger partial charge in [-0.2, -0.15) is 0 Å². The number of aryl methyl sites for hydroxylation is 2. The number of hydrogen-bond donors (Lipinski definition) is 5. The number of carbonyl (C=O) groups excluding carboxylic acids is 2. The maximum atomic E-state index is 13.0. The minimum Gasteiger partial charge on any atom is -0.386 e. The number of anilines is 2. The van der Waals surface area contributed by atoms with E-state index in [0.29, 0.717) is 18.4 Å². The third-order valence-electron chi connectivity index (χ3n) is 5.33. The van der Waals surface area contributed by atoms with Gasteiger partial charge in [-0.25, -0.2) is 0 Å². The van der Waals surface area contributed by atoms with Gasteiger partial charge in [0, 0.05) is 35.0 Å². The lowest BCUT2D eigenvalue weighted by atomic mass is 10.0. The van der Waals surface area contributed by atoms with E-state index in [9.17, 15) is 14.7 Å². The van der Waals surface area contributed by atoms with Crippen LogP contribution in [0.3, 0.4) is 0 Å². The summed E-state index contributed by atoms with van der Waals surface area (Å²) in [6, 6.07) is 9.94. The van der Waals surface area contributed by atoms with Gasteiger partial charge in [0.15, 0.2) is 0 Å². The van der Waals surface area contributed by atoms with Crippen LogP contribution in [-0.4, -0.2) is 47.9 Å². The molecule has 1 amide bonds. The van der Waals surface area contributed by atoms with Gasteiger partial charge in [-0.05, 0) is 75.2 Å². The van der Waals surface area contributed by atoms with E-state index in [1.165, 1.54) is 0 Å². The Balaban J connectivity index is 2.17. The molecule has 0 heterocycles. The van der Waals surface area contributed by atoms with Crippen molar-refractivity contribution in [3.8, 4) is 11.8 Å². The molecule has 0 aromatic heterocycles. The minimum atomic E-state index is -1.27. The van der Waals surface area contributed by atoms with Crippen molar-refractivity contribution >= 4 is 29.4 Å². The molecule has 0 fully saturated rings. The summed E-state index contributed by atoms with van der Waals surface area (Å²) in [7, 11) is 0. The molecule has 2 unspecified atom stereocenters. The predicted octanol–water partition coefficient (Wildman–Crippen LogP) is 2.07. The third kappa shape index (κ3) is 6.91. The molecule has 0 saturated heterocycles. The van der Waals surface area contributed by atoms with Crippen LogP contribution in [0, 0.1) is 31.1 Å². The van der Waals surface area contributed by atoms with Crippen LogP contribution in [0.25, 0.3) is 0 Å². The van der Waals surface area contributed by atoms with E-state index in [1.807, 2.05) is 52.0 Å². The molecule has 0 bridgehead atoms. The van der Waals surface area contributed by atoms with Crippen LogP contribution in [-0.2, 0) is 9.59 Å². The minimum absolute atomic E-state index is 0.0268. The fraction of sp³-hybridized carbons (Fsp3) is 0.346. The first kappa shape index (κ1) is 26.6. The first-order valence-electron chi connectivity index (χ1n) is 11.1. The van der Waals surface area contributed by atoms with Crippen molar-refractivity contribution in [1.82, 2.24) is 0 Å². The van der Waals surface area contributed by atoms with Crippen molar-refractivity contribution in [3.05, 3.63) is 58.7 Å². The van der Waals surface area contributed by atoms with Crippen LogP contribution in [0.1, 0.15) is 42.5 Å². The Hall–Kier alpha value is -3.67. The zero-order valence-corrected chi connectivity index (χ0v) is 20.1. The van der Waals surface area contributed by atoms with Gasteiger partial charge < -0.3 is 31.6 Å². The van der Waals surface area contributed by atoms with Crippen LogP contribution in [0.4, 0.5) is 11.4 Å². The topological polar surface area (TPSA) is 146 Å². The first-order valence-corrected chi connectivity index (χ1v) is 11.1. The Morgan fingerprint density at radius 1 is 1.21 bits per heavy atom. The standard InChI is InChI=1S/C26H33N5O3/c1-16(2)31(26(34)23(27)14-22(33)15-32)24-13-17(3)20(12-18(24)4)6-5-11-30-21-9-7-19(8-10-21)25(28)29/h7-10,12-13,15-16,22-23,30,33H,11,14,27H2,1-4H3,(H3,28,29). The average molecular weight is 464 g/mol. The summed E-state index contributed by atoms with van der Waals surface area (Å²) in [5.74, 6) is 5.95. The number of amides is 1. The third-order valence-corrected chi connectivity index (χ3v) is 5.33. The molecule has 2 aromatic carbocycles. The molecule has 0 aliphatic carbocycles. The Bertz CT molecular complexity index is 1100. The number of carbonyl (C=O) groups is 2. The fourth-order valence-electron chi connectivity index (χ4n) is 3.50. The normalized spacial score (nSPS) is 12.3. The fourth-order valence-corrected chi connectivity index (χ4v) is 3.50.